The lowest BCUT2D eigenvalue weighted by molar-refractivity contribution is 0.411. The van der Waals surface area contributed by atoms with E-state index < -0.39 is 0 Å². The van der Waals surface area contributed by atoms with Gasteiger partial charge in [-0.1, -0.05) is 0 Å². The maximum Gasteiger partial charge on any atom is 0.0969 e. The molecule has 2 nitrogen and oxygen atoms in total. The van der Waals surface area contributed by atoms with Gasteiger partial charge < -0.3 is 4.90 Å². The zero-order valence-corrected chi connectivity index (χ0v) is 7.47. The van der Waals surface area contributed by atoms with E-state index in [9.17, 15) is 0 Å². The van der Waals surface area contributed by atoms with Crippen LogP contribution in [-0.4, -0.2) is 30.0 Å². The van der Waals surface area contributed by atoms with E-state index in [1.165, 1.54) is 24.5 Å². The molecule has 0 saturated carbocycles. The van der Waals surface area contributed by atoms with Crippen LogP contribution >= 0.6 is 11.3 Å². The first kappa shape index (κ1) is 7.25. The van der Waals surface area contributed by atoms with Gasteiger partial charge in [-0.15, -0.1) is 11.3 Å². The first-order valence-corrected chi connectivity index (χ1v) is 4.82. The van der Waals surface area contributed by atoms with E-state index in [2.05, 4.69) is 22.3 Å². The molecule has 1 aliphatic rings. The molecular weight excluding hydrogens is 156 g/mol. The lowest BCUT2D eigenvalue weighted by Crippen LogP contribution is -2.13. The number of likely N-dealkylation sites (tertiary alicyclic amines) is 1. The first-order chi connectivity index (χ1) is 5.36. The third-order valence-electron chi connectivity index (χ3n) is 2.19. The molecule has 1 aromatic heterocycles. The number of likely N-dealkylation sites (N-methyl/N-ethyl adjacent to an activating group) is 1. The van der Waals surface area contributed by atoms with Crippen molar-refractivity contribution < 1.29 is 0 Å². The highest BCUT2D eigenvalue weighted by Crippen LogP contribution is 2.27. The Balaban J connectivity index is 2.08. The summed E-state index contributed by atoms with van der Waals surface area (Å²) in [6, 6.07) is 0. The van der Waals surface area contributed by atoms with Crippen molar-refractivity contribution >= 4 is 11.3 Å². The van der Waals surface area contributed by atoms with Crippen LogP contribution in [0.5, 0.6) is 0 Å². The number of hydrogen-bond acceptors (Lipinski definition) is 3. The standard InChI is InChI=1S/C8H12N2S/c1-10-4-2-7(6-10)8-9-3-5-11-8/h3,5,7H,2,4,6H2,1H3. The van der Waals surface area contributed by atoms with Gasteiger partial charge in [-0.05, 0) is 20.0 Å². The van der Waals surface area contributed by atoms with Gasteiger partial charge in [0.25, 0.3) is 0 Å². The molecule has 60 valence electrons. The SMILES string of the molecule is CN1CCC(c2nccs2)C1. The Bertz CT molecular complexity index is 220. The second-order valence-electron chi connectivity index (χ2n) is 3.12. The van der Waals surface area contributed by atoms with Crippen molar-refractivity contribution in [3.05, 3.63) is 16.6 Å². The van der Waals surface area contributed by atoms with Crippen LogP contribution in [0.3, 0.4) is 0 Å². The number of nitrogens with zero attached hydrogens (tertiary/aromatic N) is 2. The van der Waals surface area contributed by atoms with Crippen LogP contribution in [0.2, 0.25) is 0 Å². The van der Waals surface area contributed by atoms with Gasteiger partial charge in [-0.2, -0.15) is 0 Å². The van der Waals surface area contributed by atoms with E-state index in [-0.39, 0.29) is 0 Å². The van der Waals surface area contributed by atoms with Crippen molar-refractivity contribution in [2.24, 2.45) is 0 Å². The fourth-order valence-electron chi connectivity index (χ4n) is 1.57. The molecule has 1 unspecified atom stereocenters. The molecule has 2 rings (SSSR count). The topological polar surface area (TPSA) is 16.1 Å². The smallest absolute Gasteiger partial charge is 0.0969 e. The molecule has 1 atom stereocenters. The fourth-order valence-corrected chi connectivity index (χ4v) is 2.34. The van der Waals surface area contributed by atoms with Crippen LogP contribution in [0.4, 0.5) is 0 Å². The van der Waals surface area contributed by atoms with Gasteiger partial charge in [0, 0.05) is 24.0 Å². The minimum Gasteiger partial charge on any atom is -0.306 e. The maximum atomic E-state index is 4.32. The molecule has 0 spiro atoms. The highest BCUT2D eigenvalue weighted by atomic mass is 32.1. The Hall–Kier alpha value is -0.410. The van der Waals surface area contributed by atoms with E-state index in [0.29, 0.717) is 5.92 Å². The third-order valence-corrected chi connectivity index (χ3v) is 3.13. The Kier molecular flexibility index (Phi) is 1.92. The number of hydrogen-bond donors (Lipinski definition) is 0. The summed E-state index contributed by atoms with van der Waals surface area (Å²) in [6.07, 6.45) is 3.18. The highest BCUT2D eigenvalue weighted by Gasteiger charge is 2.22. The monoisotopic (exact) mass is 168 g/mol. The van der Waals surface area contributed by atoms with E-state index in [1.54, 1.807) is 11.3 Å². The van der Waals surface area contributed by atoms with Crippen LogP contribution in [0, 0.1) is 0 Å². The van der Waals surface area contributed by atoms with Crippen LogP contribution in [0.1, 0.15) is 17.3 Å². The quantitative estimate of drug-likeness (QED) is 0.632. The minimum atomic E-state index is 0.708. The second kappa shape index (κ2) is 2.91. The van der Waals surface area contributed by atoms with E-state index in [4.69, 9.17) is 0 Å². The van der Waals surface area contributed by atoms with Crippen LogP contribution in [-0.2, 0) is 0 Å². The summed E-state index contributed by atoms with van der Waals surface area (Å²) in [6.45, 7) is 2.41. The van der Waals surface area contributed by atoms with Crippen LogP contribution in [0.15, 0.2) is 11.6 Å². The molecule has 1 aromatic rings. The van der Waals surface area contributed by atoms with Gasteiger partial charge in [-0.3, -0.25) is 0 Å². The molecule has 11 heavy (non-hydrogen) atoms. The van der Waals surface area contributed by atoms with Crippen molar-refractivity contribution in [1.82, 2.24) is 9.88 Å². The summed E-state index contributed by atoms with van der Waals surface area (Å²) in [5.74, 6) is 0.708. The zero-order chi connectivity index (χ0) is 7.68. The highest BCUT2D eigenvalue weighted by molar-refractivity contribution is 7.09. The Morgan fingerprint density at radius 3 is 3.18 bits per heavy atom. The fraction of sp³-hybridized carbons (Fsp3) is 0.625. The van der Waals surface area contributed by atoms with Gasteiger partial charge in [-0.25, -0.2) is 4.98 Å². The molecule has 1 saturated heterocycles. The molecule has 2 heterocycles. The Morgan fingerprint density at radius 1 is 1.73 bits per heavy atom. The molecule has 1 fully saturated rings. The second-order valence-corrected chi connectivity index (χ2v) is 4.04. The number of aromatic nitrogens is 1. The van der Waals surface area contributed by atoms with Crippen molar-refractivity contribution in [1.29, 1.82) is 0 Å². The van der Waals surface area contributed by atoms with Gasteiger partial charge in [0.15, 0.2) is 0 Å². The molecule has 1 aliphatic heterocycles. The van der Waals surface area contributed by atoms with Crippen molar-refractivity contribution in [2.75, 3.05) is 20.1 Å². The average molecular weight is 168 g/mol. The van der Waals surface area contributed by atoms with E-state index in [1.807, 2.05) is 6.20 Å². The summed E-state index contributed by atoms with van der Waals surface area (Å²) < 4.78 is 0. The lowest BCUT2D eigenvalue weighted by Gasteiger charge is -2.06. The minimum absolute atomic E-state index is 0.708. The van der Waals surface area contributed by atoms with Gasteiger partial charge in [0.1, 0.15) is 0 Å². The normalized spacial score (nSPS) is 26.1. The summed E-state index contributed by atoms with van der Waals surface area (Å²) in [7, 11) is 2.17. The lowest BCUT2D eigenvalue weighted by atomic mass is 10.1. The Morgan fingerprint density at radius 2 is 2.64 bits per heavy atom. The largest absolute Gasteiger partial charge is 0.306 e. The van der Waals surface area contributed by atoms with Crippen LogP contribution < -0.4 is 0 Å². The van der Waals surface area contributed by atoms with Gasteiger partial charge in [0.2, 0.25) is 0 Å². The van der Waals surface area contributed by atoms with E-state index >= 15 is 0 Å². The summed E-state index contributed by atoms with van der Waals surface area (Å²) in [5, 5.41) is 3.38. The Labute approximate surface area is 70.9 Å². The molecule has 0 N–H and O–H groups in total. The van der Waals surface area contributed by atoms with E-state index in [0.717, 1.165) is 0 Å². The molecular formula is C8H12N2S. The zero-order valence-electron chi connectivity index (χ0n) is 6.66. The molecule has 0 bridgehead atoms. The molecule has 0 amide bonds. The number of rotatable bonds is 1. The number of thiazole rings is 1. The van der Waals surface area contributed by atoms with Gasteiger partial charge >= 0.3 is 0 Å². The predicted molar refractivity (Wildman–Crippen MR) is 47.0 cm³/mol. The van der Waals surface area contributed by atoms with Crippen molar-refractivity contribution in [2.45, 2.75) is 12.3 Å². The molecule has 0 aromatic carbocycles. The third kappa shape index (κ3) is 1.44. The predicted octanol–water partition coefficient (Wildman–Crippen LogP) is 1.56. The summed E-state index contributed by atoms with van der Waals surface area (Å²) in [5.41, 5.74) is 0. The molecule has 3 heteroatoms. The summed E-state index contributed by atoms with van der Waals surface area (Å²) in [4.78, 5) is 6.69. The maximum absolute atomic E-state index is 4.32. The molecule has 0 aliphatic carbocycles. The molecule has 0 radical (unpaired) electrons. The van der Waals surface area contributed by atoms with Gasteiger partial charge in [0.05, 0.1) is 5.01 Å². The average Bonchev–Trinajstić information content (AvgIpc) is 2.55. The first-order valence-electron chi connectivity index (χ1n) is 3.94. The van der Waals surface area contributed by atoms with Crippen molar-refractivity contribution in [3.8, 4) is 0 Å². The van der Waals surface area contributed by atoms with Crippen LogP contribution in [0.25, 0.3) is 0 Å². The van der Waals surface area contributed by atoms with Crippen molar-refractivity contribution in [3.63, 3.8) is 0 Å². The summed E-state index contributed by atoms with van der Waals surface area (Å²) >= 11 is 1.78.